The van der Waals surface area contributed by atoms with Gasteiger partial charge in [-0.3, -0.25) is 0 Å². The van der Waals surface area contributed by atoms with Gasteiger partial charge in [-0.15, -0.1) is 0 Å². The minimum atomic E-state index is -1.80. The van der Waals surface area contributed by atoms with Crippen molar-refractivity contribution in [1.29, 1.82) is 0 Å². The number of methoxy groups -OCH3 is 1. The van der Waals surface area contributed by atoms with Crippen molar-refractivity contribution < 1.29 is 18.7 Å². The highest BCUT2D eigenvalue weighted by Crippen LogP contribution is 2.39. The van der Waals surface area contributed by atoms with E-state index in [4.69, 9.17) is 9.16 Å². The Bertz CT molecular complexity index is 371. The Morgan fingerprint density at radius 3 is 2.62 bits per heavy atom. The molecule has 1 heterocycles. The third kappa shape index (κ3) is 5.56. The normalized spacial score (nSPS) is 24.3. The van der Waals surface area contributed by atoms with Crippen LogP contribution < -0.4 is 0 Å². The number of hydrogen-bond donors (Lipinski definition) is 0. The predicted molar refractivity (Wildman–Crippen MR) is 86.8 cm³/mol. The molecule has 0 radical (unpaired) electrons. The molecule has 0 aliphatic carbocycles. The van der Waals surface area contributed by atoms with E-state index in [-0.39, 0.29) is 23.2 Å². The molecule has 0 saturated carbocycles. The van der Waals surface area contributed by atoms with E-state index in [2.05, 4.69) is 38.6 Å². The summed E-state index contributed by atoms with van der Waals surface area (Å²) in [6.45, 7) is 12.0. The Morgan fingerprint density at radius 1 is 1.38 bits per heavy atom. The third-order valence-electron chi connectivity index (χ3n) is 4.46. The third-order valence-corrected chi connectivity index (χ3v) is 8.96. The smallest absolute Gasteiger partial charge is 0.330 e. The SMILES string of the molecule is COC(=O)/C=C/C[C@H]1OCCC[C@@H]1O[Si](C)(C)C(C)(C)C. The molecule has 1 rings (SSSR count). The summed E-state index contributed by atoms with van der Waals surface area (Å²) < 4.78 is 17.0. The summed E-state index contributed by atoms with van der Waals surface area (Å²) in [6.07, 6.45) is 6.20. The first-order valence-electron chi connectivity index (χ1n) is 7.71. The fourth-order valence-corrected chi connectivity index (χ4v) is 3.47. The maximum absolute atomic E-state index is 11.1. The van der Waals surface area contributed by atoms with Crippen molar-refractivity contribution in [2.45, 2.75) is 70.4 Å². The molecule has 4 nitrogen and oxygen atoms in total. The van der Waals surface area contributed by atoms with E-state index in [1.807, 2.05) is 6.08 Å². The minimum absolute atomic E-state index is 0.0359. The van der Waals surface area contributed by atoms with Crippen LogP contribution in [-0.2, 0) is 18.7 Å². The van der Waals surface area contributed by atoms with Crippen molar-refractivity contribution in [3.05, 3.63) is 12.2 Å². The van der Waals surface area contributed by atoms with Crippen molar-refractivity contribution >= 4 is 14.3 Å². The summed E-state index contributed by atoms with van der Waals surface area (Å²) in [5.74, 6) is -0.326. The fraction of sp³-hybridized carbons (Fsp3) is 0.812. The van der Waals surface area contributed by atoms with Gasteiger partial charge in [-0.25, -0.2) is 4.79 Å². The highest BCUT2D eigenvalue weighted by Gasteiger charge is 2.41. The molecule has 21 heavy (non-hydrogen) atoms. The van der Waals surface area contributed by atoms with Crippen LogP contribution in [0.3, 0.4) is 0 Å². The molecule has 0 spiro atoms. The van der Waals surface area contributed by atoms with Gasteiger partial charge in [0.2, 0.25) is 0 Å². The lowest BCUT2D eigenvalue weighted by Crippen LogP contribution is -2.48. The number of ether oxygens (including phenoxy) is 2. The van der Waals surface area contributed by atoms with E-state index in [1.54, 1.807) is 0 Å². The lowest BCUT2D eigenvalue weighted by Gasteiger charge is -2.42. The van der Waals surface area contributed by atoms with E-state index in [0.717, 1.165) is 19.4 Å². The van der Waals surface area contributed by atoms with Crippen molar-refractivity contribution in [1.82, 2.24) is 0 Å². The number of hydrogen-bond acceptors (Lipinski definition) is 4. The summed E-state index contributed by atoms with van der Waals surface area (Å²) in [6, 6.07) is 0. The molecule has 1 fully saturated rings. The standard InChI is InChI=1S/C16H30O4Si/c1-16(2,3)21(5,6)20-14-10-8-12-19-13(14)9-7-11-15(17)18-4/h7,11,13-14H,8-10,12H2,1-6H3/b11-7+/t13-,14+/m1/s1. The van der Waals surface area contributed by atoms with Crippen LogP contribution in [0, 0.1) is 0 Å². The highest BCUT2D eigenvalue weighted by atomic mass is 28.4. The minimum Gasteiger partial charge on any atom is -0.466 e. The van der Waals surface area contributed by atoms with Gasteiger partial charge in [0, 0.05) is 12.7 Å². The molecule has 0 unspecified atom stereocenters. The molecule has 1 saturated heterocycles. The average Bonchev–Trinajstić information content (AvgIpc) is 2.38. The lowest BCUT2D eigenvalue weighted by molar-refractivity contribution is -0.134. The second-order valence-corrected chi connectivity index (χ2v) is 11.9. The summed E-state index contributed by atoms with van der Waals surface area (Å²) in [5, 5.41) is 0.191. The Hall–Kier alpha value is -0.653. The van der Waals surface area contributed by atoms with Gasteiger partial charge in [0.05, 0.1) is 19.3 Å². The molecular weight excluding hydrogens is 284 g/mol. The maximum atomic E-state index is 11.1. The Morgan fingerprint density at radius 2 is 2.05 bits per heavy atom. The van der Waals surface area contributed by atoms with Gasteiger partial charge in [0.1, 0.15) is 0 Å². The van der Waals surface area contributed by atoms with Crippen LogP contribution in [0.15, 0.2) is 12.2 Å². The van der Waals surface area contributed by atoms with Crippen molar-refractivity contribution in [2.75, 3.05) is 13.7 Å². The average molecular weight is 314 g/mol. The van der Waals surface area contributed by atoms with Crippen LogP contribution in [0.5, 0.6) is 0 Å². The first kappa shape index (κ1) is 18.4. The van der Waals surface area contributed by atoms with Crippen LogP contribution in [0.4, 0.5) is 0 Å². The van der Waals surface area contributed by atoms with Gasteiger partial charge in [-0.05, 0) is 37.4 Å². The Kier molecular flexibility index (Phi) is 6.62. The maximum Gasteiger partial charge on any atom is 0.330 e. The Balaban J connectivity index is 2.65. The first-order valence-corrected chi connectivity index (χ1v) is 10.6. The zero-order valence-electron chi connectivity index (χ0n) is 14.3. The first-order chi connectivity index (χ1) is 9.67. The van der Waals surface area contributed by atoms with E-state index in [1.165, 1.54) is 13.2 Å². The monoisotopic (exact) mass is 314 g/mol. The zero-order valence-corrected chi connectivity index (χ0v) is 15.3. The molecule has 1 aliphatic rings. The second kappa shape index (κ2) is 7.56. The molecule has 122 valence electrons. The predicted octanol–water partition coefficient (Wildman–Crippen LogP) is 3.68. The second-order valence-electron chi connectivity index (χ2n) is 7.13. The zero-order chi connectivity index (χ0) is 16.1. The topological polar surface area (TPSA) is 44.8 Å². The Labute approximate surface area is 130 Å². The van der Waals surface area contributed by atoms with Crippen LogP contribution in [0.25, 0.3) is 0 Å². The summed E-state index contributed by atoms with van der Waals surface area (Å²) in [4.78, 5) is 11.1. The van der Waals surface area contributed by atoms with Crippen molar-refractivity contribution in [2.24, 2.45) is 0 Å². The number of esters is 1. The van der Waals surface area contributed by atoms with Gasteiger partial charge in [-0.1, -0.05) is 26.8 Å². The number of rotatable bonds is 5. The van der Waals surface area contributed by atoms with Gasteiger partial charge < -0.3 is 13.9 Å². The van der Waals surface area contributed by atoms with Gasteiger partial charge >= 0.3 is 5.97 Å². The highest BCUT2D eigenvalue weighted by molar-refractivity contribution is 6.74. The van der Waals surface area contributed by atoms with Gasteiger partial charge in [0.25, 0.3) is 0 Å². The molecule has 1 aliphatic heterocycles. The summed E-state index contributed by atoms with van der Waals surface area (Å²) in [5.41, 5.74) is 0. The molecule has 0 aromatic rings. The molecule has 0 N–H and O–H groups in total. The fourth-order valence-electron chi connectivity index (χ4n) is 2.09. The lowest BCUT2D eigenvalue weighted by atomic mass is 10.0. The summed E-state index contributed by atoms with van der Waals surface area (Å²) >= 11 is 0. The van der Waals surface area contributed by atoms with E-state index >= 15 is 0 Å². The number of carbonyl (C=O) groups excluding carboxylic acids is 1. The van der Waals surface area contributed by atoms with Crippen LogP contribution >= 0.6 is 0 Å². The molecule has 0 amide bonds. The molecule has 2 atom stereocenters. The van der Waals surface area contributed by atoms with E-state index in [9.17, 15) is 4.79 Å². The van der Waals surface area contributed by atoms with Gasteiger partial charge in [-0.2, -0.15) is 0 Å². The number of carbonyl (C=O) groups is 1. The summed E-state index contributed by atoms with van der Waals surface area (Å²) in [7, 11) is -0.416. The van der Waals surface area contributed by atoms with Gasteiger partial charge in [0.15, 0.2) is 8.32 Å². The van der Waals surface area contributed by atoms with Crippen LogP contribution in [-0.4, -0.2) is 40.2 Å². The molecular formula is C16H30O4Si. The molecule has 0 aromatic carbocycles. The molecule has 0 aromatic heterocycles. The van der Waals surface area contributed by atoms with Crippen molar-refractivity contribution in [3.63, 3.8) is 0 Å². The van der Waals surface area contributed by atoms with Crippen molar-refractivity contribution in [3.8, 4) is 0 Å². The quantitative estimate of drug-likeness (QED) is 0.441. The van der Waals surface area contributed by atoms with E-state index in [0.29, 0.717) is 6.42 Å². The molecule has 0 bridgehead atoms. The van der Waals surface area contributed by atoms with E-state index < -0.39 is 8.32 Å². The van der Waals surface area contributed by atoms with Crippen LogP contribution in [0.2, 0.25) is 18.1 Å². The van der Waals surface area contributed by atoms with Crippen LogP contribution in [0.1, 0.15) is 40.0 Å². The molecule has 5 heteroatoms. The largest absolute Gasteiger partial charge is 0.466 e.